The van der Waals surface area contributed by atoms with Gasteiger partial charge >= 0.3 is 5.97 Å². The highest BCUT2D eigenvalue weighted by Crippen LogP contribution is 2.00. The van der Waals surface area contributed by atoms with Crippen LogP contribution in [0.4, 0.5) is 0 Å². The van der Waals surface area contributed by atoms with Crippen LogP contribution in [0, 0.1) is 0 Å². The van der Waals surface area contributed by atoms with Crippen molar-refractivity contribution >= 4 is 17.7 Å². The lowest BCUT2D eigenvalue weighted by Gasteiger charge is -2.11. The van der Waals surface area contributed by atoms with Crippen LogP contribution in [0.25, 0.3) is 0 Å². The summed E-state index contributed by atoms with van der Waals surface area (Å²) in [6.45, 7) is 4.98. The summed E-state index contributed by atoms with van der Waals surface area (Å²) >= 11 is 1.90. The van der Waals surface area contributed by atoms with Gasteiger partial charge in [-0.25, -0.2) is 0 Å². The third-order valence-electron chi connectivity index (χ3n) is 1.62. The molecule has 1 unspecified atom stereocenters. The van der Waals surface area contributed by atoms with Crippen LogP contribution in [-0.4, -0.2) is 37.2 Å². The maximum absolute atomic E-state index is 10.7. The summed E-state index contributed by atoms with van der Waals surface area (Å²) in [5.74, 6) is 2.09. The molecule has 3 nitrogen and oxygen atoms in total. The van der Waals surface area contributed by atoms with Crippen LogP contribution in [-0.2, 0) is 9.53 Å². The maximum Gasteiger partial charge on any atom is 0.306 e. The average molecular weight is 205 g/mol. The van der Waals surface area contributed by atoms with Gasteiger partial charge < -0.3 is 10.1 Å². The molecule has 0 fully saturated rings. The van der Waals surface area contributed by atoms with E-state index in [9.17, 15) is 4.79 Å². The van der Waals surface area contributed by atoms with E-state index in [1.54, 1.807) is 0 Å². The number of carbonyl (C=O) groups is 1. The Kier molecular flexibility index (Phi) is 8.24. The standard InChI is InChI=1S/C9H19NO2S/c1-4-13-7-8(2)10-6-5-9(11)12-3/h8,10H,4-7H2,1-3H3. The number of thioether (sulfide) groups is 1. The fourth-order valence-electron chi connectivity index (χ4n) is 0.876. The van der Waals surface area contributed by atoms with Gasteiger partial charge in [0.2, 0.25) is 0 Å². The van der Waals surface area contributed by atoms with Crippen molar-refractivity contribution in [1.29, 1.82) is 0 Å². The second kappa shape index (κ2) is 8.38. The molecule has 0 spiro atoms. The summed E-state index contributed by atoms with van der Waals surface area (Å²) in [6.07, 6.45) is 0.456. The molecule has 1 N–H and O–H groups in total. The molecular weight excluding hydrogens is 186 g/mol. The van der Waals surface area contributed by atoms with E-state index in [0.717, 1.165) is 11.5 Å². The number of hydrogen-bond donors (Lipinski definition) is 1. The van der Waals surface area contributed by atoms with Crippen molar-refractivity contribution < 1.29 is 9.53 Å². The SMILES string of the molecule is CCSCC(C)NCCC(=O)OC. The molecule has 0 bridgehead atoms. The van der Waals surface area contributed by atoms with Gasteiger partial charge in [-0.05, 0) is 12.7 Å². The predicted molar refractivity (Wildman–Crippen MR) is 57.1 cm³/mol. The molecule has 4 heteroatoms. The van der Waals surface area contributed by atoms with E-state index in [-0.39, 0.29) is 5.97 Å². The van der Waals surface area contributed by atoms with Crippen LogP contribution in [0.2, 0.25) is 0 Å². The molecule has 0 amide bonds. The summed E-state index contributed by atoms with van der Waals surface area (Å²) < 4.78 is 4.53. The van der Waals surface area contributed by atoms with E-state index in [0.29, 0.717) is 19.0 Å². The molecule has 0 rings (SSSR count). The zero-order chi connectivity index (χ0) is 10.1. The number of nitrogens with one attached hydrogen (secondary N) is 1. The third kappa shape index (κ3) is 8.12. The molecule has 0 aliphatic rings. The first-order valence-electron chi connectivity index (χ1n) is 4.58. The van der Waals surface area contributed by atoms with E-state index in [1.807, 2.05) is 11.8 Å². The Morgan fingerprint density at radius 1 is 1.62 bits per heavy atom. The Morgan fingerprint density at radius 2 is 2.31 bits per heavy atom. The lowest BCUT2D eigenvalue weighted by molar-refractivity contribution is -0.140. The number of ether oxygens (including phenoxy) is 1. The summed E-state index contributed by atoms with van der Waals surface area (Å²) in [4.78, 5) is 10.7. The molecule has 0 aliphatic heterocycles. The zero-order valence-electron chi connectivity index (χ0n) is 8.63. The zero-order valence-corrected chi connectivity index (χ0v) is 9.45. The van der Waals surface area contributed by atoms with Gasteiger partial charge in [-0.2, -0.15) is 11.8 Å². The van der Waals surface area contributed by atoms with E-state index < -0.39 is 0 Å². The van der Waals surface area contributed by atoms with E-state index >= 15 is 0 Å². The minimum Gasteiger partial charge on any atom is -0.469 e. The summed E-state index contributed by atoms with van der Waals surface area (Å²) in [5, 5.41) is 3.26. The Balaban J connectivity index is 3.26. The second-order valence-electron chi connectivity index (χ2n) is 2.84. The number of esters is 1. The maximum atomic E-state index is 10.7. The number of hydrogen-bond acceptors (Lipinski definition) is 4. The topological polar surface area (TPSA) is 38.3 Å². The average Bonchev–Trinajstić information content (AvgIpc) is 2.14. The van der Waals surface area contributed by atoms with Crippen LogP contribution in [0.1, 0.15) is 20.3 Å². The minimum absolute atomic E-state index is 0.150. The fourth-order valence-corrected chi connectivity index (χ4v) is 1.58. The van der Waals surface area contributed by atoms with Crippen molar-refractivity contribution in [3.63, 3.8) is 0 Å². The van der Waals surface area contributed by atoms with Gasteiger partial charge in [0.05, 0.1) is 13.5 Å². The van der Waals surface area contributed by atoms with E-state index in [2.05, 4.69) is 23.9 Å². The summed E-state index contributed by atoms with van der Waals surface area (Å²) in [6, 6.07) is 0.467. The van der Waals surface area contributed by atoms with Gasteiger partial charge in [0.15, 0.2) is 0 Å². The van der Waals surface area contributed by atoms with Crippen LogP contribution in [0.5, 0.6) is 0 Å². The first-order valence-corrected chi connectivity index (χ1v) is 5.74. The normalized spacial score (nSPS) is 12.5. The van der Waals surface area contributed by atoms with Crippen LogP contribution < -0.4 is 5.32 Å². The van der Waals surface area contributed by atoms with E-state index in [1.165, 1.54) is 7.11 Å². The summed E-state index contributed by atoms with van der Waals surface area (Å²) in [7, 11) is 1.42. The fraction of sp³-hybridized carbons (Fsp3) is 0.889. The first-order chi connectivity index (χ1) is 6.20. The monoisotopic (exact) mass is 205 g/mol. The third-order valence-corrected chi connectivity index (χ3v) is 2.77. The molecule has 78 valence electrons. The highest BCUT2D eigenvalue weighted by Gasteiger charge is 2.02. The van der Waals surface area contributed by atoms with Crippen molar-refractivity contribution in [2.24, 2.45) is 0 Å². The van der Waals surface area contributed by atoms with Gasteiger partial charge in [0.1, 0.15) is 0 Å². The molecular formula is C9H19NO2S. The number of methoxy groups -OCH3 is 1. The Hall–Kier alpha value is -0.220. The predicted octanol–water partition coefficient (Wildman–Crippen LogP) is 1.28. The Bertz CT molecular complexity index is 142. The van der Waals surface area contributed by atoms with Gasteiger partial charge in [0.25, 0.3) is 0 Å². The van der Waals surface area contributed by atoms with Crippen LogP contribution in [0.15, 0.2) is 0 Å². The molecule has 0 aromatic heterocycles. The molecule has 0 saturated carbocycles. The van der Waals surface area contributed by atoms with Crippen molar-refractivity contribution in [2.75, 3.05) is 25.2 Å². The van der Waals surface area contributed by atoms with Crippen LogP contribution >= 0.6 is 11.8 Å². The minimum atomic E-state index is -0.150. The van der Waals surface area contributed by atoms with Crippen molar-refractivity contribution in [1.82, 2.24) is 5.32 Å². The molecule has 1 atom stereocenters. The quantitative estimate of drug-likeness (QED) is 0.635. The highest BCUT2D eigenvalue weighted by molar-refractivity contribution is 7.99. The van der Waals surface area contributed by atoms with E-state index in [4.69, 9.17) is 0 Å². The Morgan fingerprint density at radius 3 is 2.85 bits per heavy atom. The Labute approximate surface area is 84.6 Å². The number of rotatable bonds is 7. The number of carbonyl (C=O) groups excluding carboxylic acids is 1. The molecule has 13 heavy (non-hydrogen) atoms. The van der Waals surface area contributed by atoms with Crippen molar-refractivity contribution in [3.05, 3.63) is 0 Å². The van der Waals surface area contributed by atoms with Gasteiger partial charge in [-0.3, -0.25) is 4.79 Å². The van der Waals surface area contributed by atoms with Gasteiger partial charge in [-0.15, -0.1) is 0 Å². The first kappa shape index (κ1) is 12.8. The van der Waals surface area contributed by atoms with Crippen molar-refractivity contribution in [3.8, 4) is 0 Å². The van der Waals surface area contributed by atoms with Gasteiger partial charge in [0, 0.05) is 18.3 Å². The van der Waals surface area contributed by atoms with Crippen LogP contribution in [0.3, 0.4) is 0 Å². The molecule has 0 aromatic carbocycles. The van der Waals surface area contributed by atoms with Gasteiger partial charge in [-0.1, -0.05) is 6.92 Å². The smallest absolute Gasteiger partial charge is 0.306 e. The molecule has 0 radical (unpaired) electrons. The molecule has 0 saturated heterocycles. The molecule has 0 aliphatic carbocycles. The summed E-state index contributed by atoms with van der Waals surface area (Å²) in [5.41, 5.74) is 0. The molecule has 0 heterocycles. The molecule has 0 aromatic rings. The lowest BCUT2D eigenvalue weighted by Crippen LogP contribution is -2.30. The second-order valence-corrected chi connectivity index (χ2v) is 4.16. The highest BCUT2D eigenvalue weighted by atomic mass is 32.2. The largest absolute Gasteiger partial charge is 0.469 e. The van der Waals surface area contributed by atoms with Crippen molar-refractivity contribution in [2.45, 2.75) is 26.3 Å². The lowest BCUT2D eigenvalue weighted by atomic mass is 10.3.